The van der Waals surface area contributed by atoms with Crippen molar-refractivity contribution in [2.45, 2.75) is 19.9 Å². The minimum atomic E-state index is 0.0370. The van der Waals surface area contributed by atoms with Gasteiger partial charge in [-0.15, -0.1) is 0 Å². The maximum Gasteiger partial charge on any atom is 0.120 e. The van der Waals surface area contributed by atoms with Gasteiger partial charge in [0.1, 0.15) is 5.76 Å². The van der Waals surface area contributed by atoms with Crippen molar-refractivity contribution in [2.24, 2.45) is 11.7 Å². The zero-order valence-corrected chi connectivity index (χ0v) is 6.37. The monoisotopic (exact) mass is 139 g/mol. The Kier molecular flexibility index (Phi) is 2.12. The van der Waals surface area contributed by atoms with Crippen molar-refractivity contribution < 1.29 is 4.42 Å². The van der Waals surface area contributed by atoms with E-state index in [2.05, 4.69) is 13.8 Å². The number of furan rings is 1. The molecule has 0 bridgehead atoms. The summed E-state index contributed by atoms with van der Waals surface area (Å²) in [6.07, 6.45) is 1.65. The molecule has 0 aliphatic carbocycles. The summed E-state index contributed by atoms with van der Waals surface area (Å²) in [6, 6.07) is 3.80. The molecular formula is C8H13NO. The summed E-state index contributed by atoms with van der Waals surface area (Å²) < 4.78 is 5.13. The van der Waals surface area contributed by atoms with Crippen LogP contribution < -0.4 is 5.73 Å². The number of hydrogen-bond donors (Lipinski definition) is 1. The molecule has 0 aliphatic rings. The van der Waals surface area contributed by atoms with E-state index < -0.39 is 0 Å². The fourth-order valence-electron chi connectivity index (χ4n) is 0.809. The molecule has 0 saturated carbocycles. The second-order valence-electron chi connectivity index (χ2n) is 2.79. The van der Waals surface area contributed by atoms with Crippen LogP contribution in [0.5, 0.6) is 0 Å². The molecule has 2 N–H and O–H groups in total. The van der Waals surface area contributed by atoms with Crippen molar-refractivity contribution in [3.63, 3.8) is 0 Å². The van der Waals surface area contributed by atoms with Crippen molar-refractivity contribution in [1.29, 1.82) is 0 Å². The lowest BCUT2D eigenvalue weighted by atomic mass is 10.0. The Balaban J connectivity index is 2.68. The van der Waals surface area contributed by atoms with Gasteiger partial charge in [0.05, 0.1) is 12.3 Å². The van der Waals surface area contributed by atoms with Crippen LogP contribution in [0.4, 0.5) is 0 Å². The molecule has 0 aromatic carbocycles. The van der Waals surface area contributed by atoms with Gasteiger partial charge in [-0.1, -0.05) is 13.8 Å². The predicted molar refractivity (Wildman–Crippen MR) is 40.5 cm³/mol. The predicted octanol–water partition coefficient (Wildman–Crippen LogP) is 1.94. The summed E-state index contributed by atoms with van der Waals surface area (Å²) in [4.78, 5) is 0. The lowest BCUT2D eigenvalue weighted by Gasteiger charge is -2.11. The minimum absolute atomic E-state index is 0.0370. The van der Waals surface area contributed by atoms with Crippen LogP contribution in [0, 0.1) is 5.92 Å². The fraction of sp³-hybridized carbons (Fsp3) is 0.500. The zero-order valence-electron chi connectivity index (χ0n) is 6.37. The molecule has 0 fully saturated rings. The van der Waals surface area contributed by atoms with Crippen molar-refractivity contribution in [3.8, 4) is 0 Å². The molecule has 1 aromatic heterocycles. The molecule has 0 aliphatic heterocycles. The highest BCUT2D eigenvalue weighted by atomic mass is 16.3. The van der Waals surface area contributed by atoms with Crippen LogP contribution in [0.25, 0.3) is 0 Å². The lowest BCUT2D eigenvalue weighted by Crippen LogP contribution is -2.15. The van der Waals surface area contributed by atoms with Crippen LogP contribution in [-0.4, -0.2) is 0 Å². The van der Waals surface area contributed by atoms with E-state index in [4.69, 9.17) is 10.2 Å². The Labute approximate surface area is 61.0 Å². The van der Waals surface area contributed by atoms with Gasteiger partial charge in [0, 0.05) is 0 Å². The van der Waals surface area contributed by atoms with Gasteiger partial charge < -0.3 is 10.2 Å². The Morgan fingerprint density at radius 3 is 2.60 bits per heavy atom. The van der Waals surface area contributed by atoms with Crippen molar-refractivity contribution >= 4 is 0 Å². The van der Waals surface area contributed by atoms with Crippen molar-refractivity contribution in [1.82, 2.24) is 0 Å². The molecule has 10 heavy (non-hydrogen) atoms. The van der Waals surface area contributed by atoms with Gasteiger partial charge in [0.15, 0.2) is 0 Å². The maximum atomic E-state index is 5.79. The van der Waals surface area contributed by atoms with Gasteiger partial charge in [-0.2, -0.15) is 0 Å². The third kappa shape index (κ3) is 1.39. The van der Waals surface area contributed by atoms with Gasteiger partial charge in [-0.25, -0.2) is 0 Å². The van der Waals surface area contributed by atoms with Crippen LogP contribution in [0.1, 0.15) is 25.6 Å². The van der Waals surface area contributed by atoms with E-state index in [0.29, 0.717) is 5.92 Å². The van der Waals surface area contributed by atoms with Gasteiger partial charge >= 0.3 is 0 Å². The van der Waals surface area contributed by atoms with Crippen LogP contribution >= 0.6 is 0 Å². The highest BCUT2D eigenvalue weighted by molar-refractivity contribution is 5.03. The lowest BCUT2D eigenvalue weighted by molar-refractivity contribution is 0.402. The normalized spacial score (nSPS) is 14.0. The zero-order chi connectivity index (χ0) is 7.56. The molecule has 0 spiro atoms. The van der Waals surface area contributed by atoms with E-state index in [-0.39, 0.29) is 6.04 Å². The van der Waals surface area contributed by atoms with Gasteiger partial charge in [-0.05, 0) is 18.1 Å². The minimum Gasteiger partial charge on any atom is -0.468 e. The summed E-state index contributed by atoms with van der Waals surface area (Å²) in [6.45, 7) is 4.15. The van der Waals surface area contributed by atoms with E-state index >= 15 is 0 Å². The highest BCUT2D eigenvalue weighted by Gasteiger charge is 2.11. The van der Waals surface area contributed by atoms with Crippen molar-refractivity contribution in [2.75, 3.05) is 0 Å². The first-order valence-corrected chi connectivity index (χ1v) is 3.51. The van der Waals surface area contributed by atoms with E-state index in [1.165, 1.54) is 0 Å². The summed E-state index contributed by atoms with van der Waals surface area (Å²) >= 11 is 0. The van der Waals surface area contributed by atoms with Gasteiger partial charge in [0.2, 0.25) is 0 Å². The quantitative estimate of drug-likeness (QED) is 0.680. The average Bonchev–Trinajstić information content (AvgIpc) is 2.36. The molecule has 2 nitrogen and oxygen atoms in total. The van der Waals surface area contributed by atoms with E-state index in [9.17, 15) is 0 Å². The first kappa shape index (κ1) is 7.35. The fourth-order valence-corrected chi connectivity index (χ4v) is 0.809. The Bertz CT molecular complexity index is 179. The Morgan fingerprint density at radius 2 is 2.20 bits per heavy atom. The molecule has 0 saturated heterocycles. The van der Waals surface area contributed by atoms with Crippen molar-refractivity contribution in [3.05, 3.63) is 24.2 Å². The molecule has 1 aromatic rings. The third-order valence-electron chi connectivity index (χ3n) is 1.59. The first-order chi connectivity index (χ1) is 4.72. The number of rotatable bonds is 2. The molecule has 0 amide bonds. The van der Waals surface area contributed by atoms with E-state index in [0.717, 1.165) is 5.76 Å². The summed E-state index contributed by atoms with van der Waals surface area (Å²) in [5.41, 5.74) is 5.79. The maximum absolute atomic E-state index is 5.79. The molecule has 2 heteroatoms. The van der Waals surface area contributed by atoms with Crippen LogP contribution in [0.2, 0.25) is 0 Å². The Morgan fingerprint density at radius 1 is 1.50 bits per heavy atom. The topological polar surface area (TPSA) is 39.2 Å². The van der Waals surface area contributed by atoms with Crippen LogP contribution in [-0.2, 0) is 0 Å². The number of nitrogens with two attached hydrogens (primary N) is 1. The van der Waals surface area contributed by atoms with Crippen LogP contribution in [0.15, 0.2) is 22.8 Å². The molecule has 56 valence electrons. The first-order valence-electron chi connectivity index (χ1n) is 3.51. The smallest absolute Gasteiger partial charge is 0.120 e. The second-order valence-corrected chi connectivity index (χ2v) is 2.79. The largest absolute Gasteiger partial charge is 0.468 e. The van der Waals surface area contributed by atoms with Gasteiger partial charge in [0.25, 0.3) is 0 Å². The summed E-state index contributed by atoms with van der Waals surface area (Å²) in [5, 5.41) is 0. The Hall–Kier alpha value is -0.760. The number of hydrogen-bond acceptors (Lipinski definition) is 2. The molecule has 0 radical (unpaired) electrons. The van der Waals surface area contributed by atoms with Gasteiger partial charge in [-0.3, -0.25) is 0 Å². The molecule has 0 unspecified atom stereocenters. The average molecular weight is 139 g/mol. The standard InChI is InChI=1S/C8H13NO/c1-6(2)8(9)7-4-3-5-10-7/h3-6,8H,9H2,1-2H3/t8-/m0/s1. The SMILES string of the molecule is CC(C)[C@H](N)c1ccco1. The molecule has 1 atom stereocenters. The van der Waals surface area contributed by atoms with E-state index in [1.807, 2.05) is 12.1 Å². The second kappa shape index (κ2) is 2.88. The molecule has 1 heterocycles. The molecule has 1 rings (SSSR count). The third-order valence-corrected chi connectivity index (χ3v) is 1.59. The molecular weight excluding hydrogens is 126 g/mol. The summed E-state index contributed by atoms with van der Waals surface area (Å²) in [7, 11) is 0. The van der Waals surface area contributed by atoms with Crippen LogP contribution in [0.3, 0.4) is 0 Å². The van der Waals surface area contributed by atoms with E-state index in [1.54, 1.807) is 6.26 Å². The summed E-state index contributed by atoms with van der Waals surface area (Å²) in [5.74, 6) is 1.31. The highest BCUT2D eigenvalue weighted by Crippen LogP contribution is 2.18.